The minimum atomic E-state index is 0.593. The van der Waals surface area contributed by atoms with Gasteiger partial charge in [-0.3, -0.25) is 5.10 Å². The molecule has 3 nitrogen and oxygen atoms in total. The summed E-state index contributed by atoms with van der Waals surface area (Å²) >= 11 is 1.73. The fourth-order valence-electron chi connectivity index (χ4n) is 1.47. The number of aromatic nitrogens is 2. The van der Waals surface area contributed by atoms with Crippen molar-refractivity contribution >= 4 is 17.2 Å². The molecule has 0 saturated heterocycles. The average Bonchev–Trinajstić information content (AvgIpc) is 2.75. The first-order chi connectivity index (χ1) is 6.74. The fourth-order valence-corrected chi connectivity index (χ4v) is 2.52. The molecule has 2 aromatic heterocycles. The lowest BCUT2D eigenvalue weighted by Crippen LogP contribution is -1.86. The third-order valence-corrected chi connectivity index (χ3v) is 3.38. The molecule has 0 saturated carbocycles. The number of rotatable bonds is 2. The van der Waals surface area contributed by atoms with Crippen molar-refractivity contribution in [3.63, 3.8) is 0 Å². The zero-order chi connectivity index (χ0) is 10.1. The van der Waals surface area contributed by atoms with E-state index in [0.717, 1.165) is 17.7 Å². The molecular weight excluding hydrogens is 194 g/mol. The van der Waals surface area contributed by atoms with Crippen molar-refractivity contribution in [2.75, 3.05) is 5.73 Å². The first-order valence-electron chi connectivity index (χ1n) is 4.61. The Morgan fingerprint density at radius 1 is 1.57 bits per heavy atom. The van der Waals surface area contributed by atoms with Crippen LogP contribution in [0.1, 0.15) is 18.1 Å². The molecule has 0 bridgehead atoms. The molecule has 0 aliphatic heterocycles. The zero-order valence-electron chi connectivity index (χ0n) is 8.29. The summed E-state index contributed by atoms with van der Waals surface area (Å²) in [5.41, 5.74) is 9.16. The molecule has 4 heteroatoms. The smallest absolute Gasteiger partial charge is 0.148 e. The van der Waals surface area contributed by atoms with E-state index in [1.165, 1.54) is 10.4 Å². The molecule has 14 heavy (non-hydrogen) atoms. The predicted octanol–water partition coefficient (Wildman–Crippen LogP) is 2.59. The lowest BCUT2D eigenvalue weighted by atomic mass is 10.1. The summed E-state index contributed by atoms with van der Waals surface area (Å²) in [5, 5.41) is 9.10. The zero-order valence-corrected chi connectivity index (χ0v) is 9.11. The van der Waals surface area contributed by atoms with Crippen LogP contribution in [-0.4, -0.2) is 10.2 Å². The Morgan fingerprint density at radius 2 is 2.36 bits per heavy atom. The van der Waals surface area contributed by atoms with E-state index in [1.807, 2.05) is 6.92 Å². The van der Waals surface area contributed by atoms with Crippen LogP contribution in [0.25, 0.3) is 10.6 Å². The van der Waals surface area contributed by atoms with Crippen LogP contribution in [-0.2, 0) is 6.42 Å². The van der Waals surface area contributed by atoms with E-state index in [2.05, 4.69) is 28.6 Å². The van der Waals surface area contributed by atoms with Gasteiger partial charge in [0.05, 0.1) is 10.6 Å². The van der Waals surface area contributed by atoms with E-state index in [4.69, 9.17) is 5.73 Å². The van der Waals surface area contributed by atoms with E-state index in [9.17, 15) is 0 Å². The second kappa shape index (κ2) is 3.46. The van der Waals surface area contributed by atoms with Gasteiger partial charge in [0, 0.05) is 5.56 Å². The number of nitrogens with zero attached hydrogens (tertiary/aromatic N) is 1. The third-order valence-electron chi connectivity index (χ3n) is 2.40. The van der Waals surface area contributed by atoms with Gasteiger partial charge in [-0.05, 0) is 30.4 Å². The number of hydrogen-bond acceptors (Lipinski definition) is 3. The molecule has 2 aromatic rings. The first kappa shape index (κ1) is 9.27. The van der Waals surface area contributed by atoms with Crippen LogP contribution in [0.3, 0.4) is 0 Å². The molecule has 0 radical (unpaired) electrons. The number of H-pyrrole nitrogens is 1. The topological polar surface area (TPSA) is 54.7 Å². The van der Waals surface area contributed by atoms with Gasteiger partial charge in [0.15, 0.2) is 0 Å². The van der Waals surface area contributed by atoms with Crippen molar-refractivity contribution in [3.05, 3.63) is 22.6 Å². The van der Waals surface area contributed by atoms with Crippen LogP contribution in [0, 0.1) is 6.92 Å². The van der Waals surface area contributed by atoms with E-state index in [1.54, 1.807) is 11.3 Å². The fraction of sp³-hybridized carbons (Fsp3) is 0.300. The number of anilines is 1. The monoisotopic (exact) mass is 207 g/mol. The van der Waals surface area contributed by atoms with Crippen molar-refractivity contribution in [1.29, 1.82) is 0 Å². The van der Waals surface area contributed by atoms with Crippen LogP contribution in [0.4, 0.5) is 5.82 Å². The molecule has 74 valence electrons. The number of aromatic amines is 1. The van der Waals surface area contributed by atoms with Gasteiger partial charge in [0.1, 0.15) is 5.82 Å². The number of nitrogens with one attached hydrogen (secondary N) is 1. The second-order valence-corrected chi connectivity index (χ2v) is 4.15. The van der Waals surface area contributed by atoms with E-state index in [0.29, 0.717) is 5.82 Å². The summed E-state index contributed by atoms with van der Waals surface area (Å²) in [6.45, 7) is 4.15. The third kappa shape index (κ3) is 1.32. The number of aryl methyl sites for hydroxylation is 1. The molecule has 0 fully saturated rings. The van der Waals surface area contributed by atoms with Gasteiger partial charge >= 0.3 is 0 Å². The van der Waals surface area contributed by atoms with Gasteiger partial charge in [-0.15, -0.1) is 11.3 Å². The molecule has 0 aliphatic carbocycles. The molecule has 0 unspecified atom stereocenters. The number of hydrogen-bond donors (Lipinski definition) is 2. The Hall–Kier alpha value is -1.29. The molecule has 0 amide bonds. The Labute approximate surface area is 87.0 Å². The number of thiophene rings is 1. The highest BCUT2D eigenvalue weighted by Gasteiger charge is 2.12. The van der Waals surface area contributed by atoms with Gasteiger partial charge in [0.25, 0.3) is 0 Å². The van der Waals surface area contributed by atoms with Crippen LogP contribution in [0.5, 0.6) is 0 Å². The molecule has 2 heterocycles. The molecule has 0 spiro atoms. The maximum Gasteiger partial charge on any atom is 0.148 e. The van der Waals surface area contributed by atoms with Gasteiger partial charge in [-0.25, -0.2) is 0 Å². The standard InChI is InChI=1S/C10H13N3S/c1-3-7-4-5-14-9(7)8-6(2)10(11)13-12-8/h4-5H,3H2,1-2H3,(H3,11,12,13). The molecule has 0 aliphatic rings. The average molecular weight is 207 g/mol. The molecule has 3 N–H and O–H groups in total. The lowest BCUT2D eigenvalue weighted by Gasteiger charge is -1.99. The van der Waals surface area contributed by atoms with Crippen molar-refractivity contribution in [2.45, 2.75) is 20.3 Å². The molecular formula is C10H13N3S. The highest BCUT2D eigenvalue weighted by atomic mass is 32.1. The van der Waals surface area contributed by atoms with Crippen molar-refractivity contribution in [2.24, 2.45) is 0 Å². The summed E-state index contributed by atoms with van der Waals surface area (Å²) < 4.78 is 0. The largest absolute Gasteiger partial charge is 0.382 e. The highest BCUT2D eigenvalue weighted by molar-refractivity contribution is 7.13. The lowest BCUT2D eigenvalue weighted by molar-refractivity contribution is 1.09. The molecule has 0 atom stereocenters. The normalized spacial score (nSPS) is 10.7. The minimum Gasteiger partial charge on any atom is -0.382 e. The summed E-state index contributed by atoms with van der Waals surface area (Å²) in [6, 6.07) is 2.15. The quantitative estimate of drug-likeness (QED) is 0.795. The Bertz CT molecular complexity index is 442. The van der Waals surface area contributed by atoms with Gasteiger partial charge in [-0.2, -0.15) is 5.10 Å². The molecule has 0 aromatic carbocycles. The minimum absolute atomic E-state index is 0.593. The van der Waals surface area contributed by atoms with Crippen molar-refractivity contribution < 1.29 is 0 Å². The van der Waals surface area contributed by atoms with Crippen molar-refractivity contribution in [3.8, 4) is 10.6 Å². The number of nitrogens with two attached hydrogens (primary N) is 1. The highest BCUT2D eigenvalue weighted by Crippen LogP contribution is 2.32. The van der Waals surface area contributed by atoms with Crippen molar-refractivity contribution in [1.82, 2.24) is 10.2 Å². The first-order valence-corrected chi connectivity index (χ1v) is 5.49. The predicted molar refractivity (Wildman–Crippen MR) is 60.4 cm³/mol. The Kier molecular flexibility index (Phi) is 2.29. The van der Waals surface area contributed by atoms with Gasteiger partial charge in [-0.1, -0.05) is 6.92 Å². The summed E-state index contributed by atoms with van der Waals surface area (Å²) in [6.07, 6.45) is 1.04. The summed E-state index contributed by atoms with van der Waals surface area (Å²) in [4.78, 5) is 1.26. The van der Waals surface area contributed by atoms with E-state index in [-0.39, 0.29) is 0 Å². The van der Waals surface area contributed by atoms with Crippen LogP contribution in [0.15, 0.2) is 11.4 Å². The Morgan fingerprint density at radius 3 is 2.93 bits per heavy atom. The SMILES string of the molecule is CCc1ccsc1-c1[nH]nc(N)c1C. The van der Waals surface area contributed by atoms with E-state index < -0.39 is 0 Å². The maximum atomic E-state index is 5.70. The summed E-state index contributed by atoms with van der Waals surface area (Å²) in [5.74, 6) is 0.593. The second-order valence-electron chi connectivity index (χ2n) is 3.24. The summed E-state index contributed by atoms with van der Waals surface area (Å²) in [7, 11) is 0. The van der Waals surface area contributed by atoms with Crippen LogP contribution >= 0.6 is 11.3 Å². The van der Waals surface area contributed by atoms with Crippen LogP contribution < -0.4 is 5.73 Å². The van der Waals surface area contributed by atoms with E-state index >= 15 is 0 Å². The Balaban J connectivity index is 2.54. The van der Waals surface area contributed by atoms with Gasteiger partial charge < -0.3 is 5.73 Å². The molecule has 2 rings (SSSR count). The van der Waals surface area contributed by atoms with Crippen LogP contribution in [0.2, 0.25) is 0 Å². The number of nitrogen functional groups attached to an aromatic ring is 1. The maximum absolute atomic E-state index is 5.70. The van der Waals surface area contributed by atoms with Gasteiger partial charge in [0.2, 0.25) is 0 Å².